The smallest absolute Gasteiger partial charge is 0.276 e. The van der Waals surface area contributed by atoms with Crippen molar-refractivity contribution >= 4 is 17.0 Å². The van der Waals surface area contributed by atoms with E-state index in [9.17, 15) is 9.90 Å². The van der Waals surface area contributed by atoms with Gasteiger partial charge in [0, 0.05) is 43.9 Å². The standard InChI is InChI=1S/C12H17N5O3/c13-12-15-9-6(1-14-10(9)11(20)16-12)2-17-3-7(5-18)8(19)4-17/h1,7-8,14,18-19H,2-5H2,(H3,13,15,16,20)/t7-,8-/m0/s1. The molecule has 20 heavy (non-hydrogen) atoms. The summed E-state index contributed by atoms with van der Waals surface area (Å²) in [6.45, 7) is 1.62. The van der Waals surface area contributed by atoms with E-state index in [4.69, 9.17) is 10.8 Å². The van der Waals surface area contributed by atoms with E-state index in [1.54, 1.807) is 6.20 Å². The lowest BCUT2D eigenvalue weighted by atomic mass is 10.1. The number of nitrogens with two attached hydrogens (primary N) is 1. The number of aromatic amines is 2. The number of rotatable bonds is 3. The highest BCUT2D eigenvalue weighted by Gasteiger charge is 2.31. The molecule has 8 nitrogen and oxygen atoms in total. The lowest BCUT2D eigenvalue weighted by Gasteiger charge is -2.14. The Kier molecular flexibility index (Phi) is 3.20. The summed E-state index contributed by atoms with van der Waals surface area (Å²) in [5, 5.41) is 18.9. The van der Waals surface area contributed by atoms with Crippen molar-refractivity contribution in [2.45, 2.75) is 12.6 Å². The minimum atomic E-state index is -0.522. The quantitative estimate of drug-likeness (QED) is 0.470. The number of aliphatic hydroxyl groups is 2. The molecule has 1 aliphatic rings. The third-order valence-corrected chi connectivity index (χ3v) is 3.74. The zero-order valence-corrected chi connectivity index (χ0v) is 10.8. The molecule has 1 saturated heterocycles. The molecule has 2 aromatic rings. The molecule has 0 aromatic carbocycles. The van der Waals surface area contributed by atoms with Crippen LogP contribution in [-0.2, 0) is 6.54 Å². The molecule has 0 aliphatic carbocycles. The summed E-state index contributed by atoms with van der Waals surface area (Å²) in [5.74, 6) is -0.0420. The molecule has 6 N–H and O–H groups in total. The van der Waals surface area contributed by atoms with Gasteiger partial charge in [-0.25, -0.2) is 4.98 Å². The van der Waals surface area contributed by atoms with Gasteiger partial charge in [0.15, 0.2) is 0 Å². The van der Waals surface area contributed by atoms with Gasteiger partial charge >= 0.3 is 0 Å². The summed E-state index contributed by atoms with van der Waals surface area (Å²) in [7, 11) is 0. The summed E-state index contributed by atoms with van der Waals surface area (Å²) in [6.07, 6.45) is 1.21. The molecule has 108 valence electrons. The number of nitrogens with one attached hydrogen (secondary N) is 2. The van der Waals surface area contributed by atoms with Gasteiger partial charge in [0.1, 0.15) is 11.0 Å². The third kappa shape index (κ3) is 2.17. The number of hydrogen-bond donors (Lipinski definition) is 5. The second-order valence-electron chi connectivity index (χ2n) is 5.19. The maximum atomic E-state index is 11.7. The van der Waals surface area contributed by atoms with Crippen molar-refractivity contribution in [1.82, 2.24) is 19.9 Å². The molecule has 2 atom stereocenters. The first-order valence-corrected chi connectivity index (χ1v) is 6.45. The van der Waals surface area contributed by atoms with E-state index in [1.807, 2.05) is 4.90 Å². The van der Waals surface area contributed by atoms with Gasteiger partial charge in [0.25, 0.3) is 5.56 Å². The Balaban J connectivity index is 1.87. The van der Waals surface area contributed by atoms with E-state index >= 15 is 0 Å². The molecule has 3 rings (SSSR count). The Morgan fingerprint density at radius 1 is 1.50 bits per heavy atom. The predicted octanol–water partition coefficient (Wildman–Crippen LogP) is -1.38. The van der Waals surface area contributed by atoms with Crippen molar-refractivity contribution in [3.8, 4) is 0 Å². The number of hydrogen-bond acceptors (Lipinski definition) is 6. The number of nitrogens with zero attached hydrogens (tertiary/aromatic N) is 2. The number of fused-ring (bicyclic) bond motifs is 1. The van der Waals surface area contributed by atoms with Crippen LogP contribution in [0.3, 0.4) is 0 Å². The molecule has 0 amide bonds. The van der Waals surface area contributed by atoms with Gasteiger partial charge in [-0.15, -0.1) is 0 Å². The molecule has 0 bridgehead atoms. The monoisotopic (exact) mass is 279 g/mol. The van der Waals surface area contributed by atoms with Crippen molar-refractivity contribution in [3.63, 3.8) is 0 Å². The van der Waals surface area contributed by atoms with E-state index < -0.39 is 6.10 Å². The molecule has 0 spiro atoms. The van der Waals surface area contributed by atoms with Gasteiger partial charge in [0.2, 0.25) is 5.95 Å². The van der Waals surface area contributed by atoms with Gasteiger partial charge in [0.05, 0.1) is 6.10 Å². The third-order valence-electron chi connectivity index (χ3n) is 3.74. The van der Waals surface area contributed by atoms with Crippen molar-refractivity contribution in [2.75, 3.05) is 25.4 Å². The first kappa shape index (κ1) is 13.1. The fourth-order valence-corrected chi connectivity index (χ4v) is 2.70. The van der Waals surface area contributed by atoms with E-state index in [-0.39, 0.29) is 24.0 Å². The number of H-pyrrole nitrogens is 2. The Morgan fingerprint density at radius 2 is 2.30 bits per heavy atom. The predicted molar refractivity (Wildman–Crippen MR) is 73.0 cm³/mol. The topological polar surface area (TPSA) is 131 Å². The summed E-state index contributed by atoms with van der Waals surface area (Å²) in [4.78, 5) is 23.2. The number of nitrogen functional groups attached to an aromatic ring is 1. The largest absolute Gasteiger partial charge is 0.396 e. The summed E-state index contributed by atoms with van der Waals surface area (Å²) >= 11 is 0. The molecule has 3 heterocycles. The average molecular weight is 279 g/mol. The van der Waals surface area contributed by atoms with Crippen LogP contribution in [0, 0.1) is 5.92 Å². The van der Waals surface area contributed by atoms with Crippen molar-refractivity contribution in [1.29, 1.82) is 0 Å². The number of anilines is 1. The molecule has 1 fully saturated rings. The van der Waals surface area contributed by atoms with Crippen LogP contribution in [0.2, 0.25) is 0 Å². The van der Waals surface area contributed by atoms with Crippen LogP contribution in [-0.4, -0.2) is 55.9 Å². The fraction of sp³-hybridized carbons (Fsp3) is 0.500. The molecule has 8 heteroatoms. The first-order valence-electron chi connectivity index (χ1n) is 6.45. The van der Waals surface area contributed by atoms with Crippen LogP contribution < -0.4 is 11.3 Å². The van der Waals surface area contributed by atoms with Crippen LogP contribution >= 0.6 is 0 Å². The molecule has 0 unspecified atom stereocenters. The maximum Gasteiger partial charge on any atom is 0.276 e. The van der Waals surface area contributed by atoms with Crippen LogP contribution in [0.4, 0.5) is 5.95 Å². The first-order chi connectivity index (χ1) is 9.58. The molecular formula is C12H17N5O3. The van der Waals surface area contributed by atoms with Gasteiger partial charge < -0.3 is 20.9 Å². The number of aliphatic hydroxyl groups excluding tert-OH is 2. The van der Waals surface area contributed by atoms with E-state index in [1.165, 1.54) is 0 Å². The van der Waals surface area contributed by atoms with Crippen molar-refractivity contribution < 1.29 is 10.2 Å². The lowest BCUT2D eigenvalue weighted by molar-refractivity contribution is 0.103. The Labute approximate surface area is 114 Å². The summed E-state index contributed by atoms with van der Waals surface area (Å²) in [5.41, 5.74) is 7.06. The molecule has 0 saturated carbocycles. The zero-order chi connectivity index (χ0) is 14.3. The molecule has 2 aromatic heterocycles. The Hall–Kier alpha value is -1.90. The second kappa shape index (κ2) is 4.89. The SMILES string of the molecule is Nc1nc2c(CN3C[C@@H](CO)[C@@H](O)C3)c[nH]c2c(=O)[nH]1. The minimum Gasteiger partial charge on any atom is -0.396 e. The van der Waals surface area contributed by atoms with Crippen molar-refractivity contribution in [3.05, 3.63) is 22.1 Å². The van der Waals surface area contributed by atoms with Gasteiger partial charge in [-0.2, -0.15) is 0 Å². The Bertz CT molecular complexity index is 679. The Morgan fingerprint density at radius 3 is 3.00 bits per heavy atom. The van der Waals surface area contributed by atoms with Gasteiger partial charge in [-0.1, -0.05) is 0 Å². The van der Waals surface area contributed by atoms with Crippen LogP contribution in [0.25, 0.3) is 11.0 Å². The summed E-state index contributed by atoms with van der Waals surface area (Å²) in [6, 6.07) is 0. The van der Waals surface area contributed by atoms with E-state index in [2.05, 4.69) is 15.0 Å². The molecular weight excluding hydrogens is 262 g/mol. The normalized spacial score (nSPS) is 23.7. The average Bonchev–Trinajstić information content (AvgIpc) is 2.94. The highest BCUT2D eigenvalue weighted by Crippen LogP contribution is 2.21. The second-order valence-corrected chi connectivity index (χ2v) is 5.19. The number of β-amino-alcohol motifs (C(OH)–C–C–N with tert-alkyl or cyclic N) is 1. The number of likely N-dealkylation sites (tertiary alicyclic amines) is 1. The van der Waals surface area contributed by atoms with Crippen LogP contribution in [0.1, 0.15) is 5.56 Å². The molecule has 0 radical (unpaired) electrons. The number of aromatic nitrogens is 3. The summed E-state index contributed by atoms with van der Waals surface area (Å²) < 4.78 is 0. The minimum absolute atomic E-state index is 0.0313. The van der Waals surface area contributed by atoms with E-state index in [0.717, 1.165) is 5.56 Å². The fourth-order valence-electron chi connectivity index (χ4n) is 2.70. The maximum absolute atomic E-state index is 11.7. The van der Waals surface area contributed by atoms with Crippen molar-refractivity contribution in [2.24, 2.45) is 5.92 Å². The lowest BCUT2D eigenvalue weighted by Crippen LogP contribution is -2.21. The molecule has 1 aliphatic heterocycles. The van der Waals surface area contributed by atoms with Gasteiger partial charge in [-0.3, -0.25) is 14.7 Å². The van der Waals surface area contributed by atoms with Crippen LogP contribution in [0.5, 0.6) is 0 Å². The highest BCUT2D eigenvalue weighted by atomic mass is 16.3. The van der Waals surface area contributed by atoms with Gasteiger partial charge in [-0.05, 0) is 0 Å². The van der Waals surface area contributed by atoms with E-state index in [0.29, 0.717) is 30.7 Å². The van der Waals surface area contributed by atoms with Crippen LogP contribution in [0.15, 0.2) is 11.0 Å². The highest BCUT2D eigenvalue weighted by molar-refractivity contribution is 5.78. The zero-order valence-electron chi connectivity index (χ0n) is 10.8.